The van der Waals surface area contributed by atoms with Gasteiger partial charge in [-0.05, 0) is 90.3 Å². The summed E-state index contributed by atoms with van der Waals surface area (Å²) in [6.07, 6.45) is 14.5. The molecule has 4 heteroatoms. The Hall–Kier alpha value is -3.14. The number of nitrogens with zero attached hydrogens (tertiary/aromatic N) is 1. The first-order valence-electron chi connectivity index (χ1n) is 12.1. The maximum absolute atomic E-state index is 12.7. The summed E-state index contributed by atoms with van der Waals surface area (Å²) in [5.74, 6) is 0.826. The van der Waals surface area contributed by atoms with Crippen LogP contribution < -0.4 is 10.1 Å². The van der Waals surface area contributed by atoms with Gasteiger partial charge in [-0.15, -0.1) is 0 Å². The Morgan fingerprint density at radius 2 is 1.97 bits per heavy atom. The summed E-state index contributed by atoms with van der Waals surface area (Å²) in [5.41, 5.74) is 3.62. The van der Waals surface area contributed by atoms with Gasteiger partial charge in [-0.2, -0.15) is 0 Å². The molecule has 0 radical (unpaired) electrons. The van der Waals surface area contributed by atoms with Crippen LogP contribution in [0, 0.1) is 0 Å². The van der Waals surface area contributed by atoms with Gasteiger partial charge in [0.15, 0.2) is 0 Å². The first-order chi connectivity index (χ1) is 16.1. The lowest BCUT2D eigenvalue weighted by Gasteiger charge is -2.16. The van der Waals surface area contributed by atoms with Gasteiger partial charge in [0.05, 0.1) is 7.11 Å². The Kier molecular flexibility index (Phi) is 9.49. The van der Waals surface area contributed by atoms with Crippen molar-refractivity contribution < 1.29 is 9.53 Å². The van der Waals surface area contributed by atoms with E-state index in [0.717, 1.165) is 56.3 Å². The molecule has 0 aliphatic heterocycles. The summed E-state index contributed by atoms with van der Waals surface area (Å²) < 4.78 is 5.45. The number of methoxy groups -OCH3 is 1. The summed E-state index contributed by atoms with van der Waals surface area (Å²) in [5, 5.41) is 5.58. The minimum Gasteiger partial charge on any atom is -0.497 e. The van der Waals surface area contributed by atoms with Gasteiger partial charge >= 0.3 is 0 Å². The predicted octanol–water partition coefficient (Wildman–Crippen LogP) is 6.52. The fourth-order valence-electron chi connectivity index (χ4n) is 4.19. The van der Waals surface area contributed by atoms with Gasteiger partial charge in [-0.3, -0.25) is 9.78 Å². The number of hydrogen-bond donors (Lipinski definition) is 1. The van der Waals surface area contributed by atoms with Gasteiger partial charge in [0.1, 0.15) is 5.75 Å². The molecule has 1 heterocycles. The monoisotopic (exact) mass is 444 g/mol. The van der Waals surface area contributed by atoms with Gasteiger partial charge in [0.25, 0.3) is 0 Å². The van der Waals surface area contributed by atoms with Gasteiger partial charge in [-0.1, -0.05) is 44.5 Å². The third-order valence-corrected chi connectivity index (χ3v) is 6.15. The lowest BCUT2D eigenvalue weighted by Crippen LogP contribution is -2.33. The number of benzene rings is 2. The fourth-order valence-corrected chi connectivity index (χ4v) is 4.19. The molecule has 0 fully saturated rings. The molecule has 0 saturated carbocycles. The number of fused-ring (bicyclic) bond motifs is 1. The zero-order chi connectivity index (χ0) is 23.5. The van der Waals surface area contributed by atoms with Crippen LogP contribution in [0.25, 0.3) is 16.8 Å². The van der Waals surface area contributed by atoms with Crippen LogP contribution in [0.2, 0.25) is 0 Å². The number of pyridine rings is 1. The molecule has 1 aromatic heterocycles. The average Bonchev–Trinajstić information content (AvgIpc) is 2.85. The second-order valence-electron chi connectivity index (χ2n) is 8.52. The number of aromatic nitrogens is 1. The van der Waals surface area contributed by atoms with Crippen molar-refractivity contribution in [2.24, 2.45) is 0 Å². The van der Waals surface area contributed by atoms with Crippen molar-refractivity contribution in [2.45, 2.75) is 64.8 Å². The first-order valence-corrected chi connectivity index (χ1v) is 12.1. The summed E-state index contributed by atoms with van der Waals surface area (Å²) in [6.45, 7) is 4.33. The number of ether oxygens (including phenoxy) is 1. The van der Waals surface area contributed by atoms with E-state index in [2.05, 4.69) is 54.5 Å². The molecule has 0 bridgehead atoms. The van der Waals surface area contributed by atoms with E-state index in [0.29, 0.717) is 0 Å². The Bertz CT molecular complexity index is 1060. The molecule has 0 aliphatic carbocycles. The Morgan fingerprint density at radius 1 is 1.12 bits per heavy atom. The minimum atomic E-state index is -0.0320. The number of amides is 1. The third kappa shape index (κ3) is 7.18. The maximum atomic E-state index is 12.7. The molecule has 2 aromatic carbocycles. The number of rotatable bonds is 12. The predicted molar refractivity (Wildman–Crippen MR) is 138 cm³/mol. The van der Waals surface area contributed by atoms with Crippen LogP contribution in [-0.4, -0.2) is 24.0 Å². The zero-order valence-electron chi connectivity index (χ0n) is 20.1. The van der Waals surface area contributed by atoms with Crippen LogP contribution in [0.3, 0.4) is 0 Å². The molecule has 0 saturated heterocycles. The van der Waals surface area contributed by atoms with Crippen molar-refractivity contribution in [2.75, 3.05) is 7.11 Å². The van der Waals surface area contributed by atoms with Crippen molar-refractivity contribution in [3.8, 4) is 5.75 Å². The molecule has 0 spiro atoms. The quantitative estimate of drug-likeness (QED) is 0.324. The van der Waals surface area contributed by atoms with Crippen LogP contribution in [0.4, 0.5) is 0 Å². The molecule has 174 valence electrons. The largest absolute Gasteiger partial charge is 0.497 e. The van der Waals surface area contributed by atoms with E-state index in [4.69, 9.17) is 4.74 Å². The zero-order valence-corrected chi connectivity index (χ0v) is 20.1. The number of nitrogens with one attached hydrogen (secondary N) is 1. The highest BCUT2D eigenvalue weighted by Crippen LogP contribution is 2.29. The Morgan fingerprint density at radius 3 is 2.70 bits per heavy atom. The molecule has 3 rings (SSSR count). The molecular weight excluding hydrogens is 408 g/mol. The van der Waals surface area contributed by atoms with Crippen molar-refractivity contribution >= 4 is 22.8 Å². The van der Waals surface area contributed by atoms with Crippen LogP contribution in [0.5, 0.6) is 5.75 Å². The molecule has 0 unspecified atom stereocenters. The summed E-state index contributed by atoms with van der Waals surface area (Å²) in [4.78, 5) is 16.9. The third-order valence-electron chi connectivity index (χ3n) is 6.15. The standard InChI is InChI=1S/C29H36N2O2/c1-4-6-12-27-23(13-14-24-15-17-26(33-3)20-28(24)27)16-18-29(32)31-25(5-2)11-7-9-22-10-8-19-30-21-22/h8,10,13-21,25H,4-7,9,11-12H2,1-3H3,(H,31,32)/t25-/m1/s1. The van der Waals surface area contributed by atoms with E-state index in [1.165, 1.54) is 21.9 Å². The van der Waals surface area contributed by atoms with Gasteiger partial charge < -0.3 is 10.1 Å². The van der Waals surface area contributed by atoms with E-state index in [-0.39, 0.29) is 11.9 Å². The van der Waals surface area contributed by atoms with E-state index >= 15 is 0 Å². The highest BCUT2D eigenvalue weighted by atomic mass is 16.5. The first kappa shape index (κ1) is 24.5. The Balaban J connectivity index is 1.67. The van der Waals surface area contributed by atoms with Crippen LogP contribution in [0.1, 0.15) is 62.6 Å². The normalized spacial score (nSPS) is 12.2. The van der Waals surface area contributed by atoms with Crippen LogP contribution in [0.15, 0.2) is 60.9 Å². The molecule has 33 heavy (non-hydrogen) atoms. The fraction of sp³-hybridized carbons (Fsp3) is 0.379. The lowest BCUT2D eigenvalue weighted by atomic mass is 9.94. The molecule has 1 amide bonds. The minimum absolute atomic E-state index is 0.0320. The molecule has 1 atom stereocenters. The smallest absolute Gasteiger partial charge is 0.244 e. The summed E-state index contributed by atoms with van der Waals surface area (Å²) in [6, 6.07) is 14.7. The highest BCUT2D eigenvalue weighted by Gasteiger charge is 2.10. The van der Waals surface area contributed by atoms with Crippen molar-refractivity contribution in [3.63, 3.8) is 0 Å². The molecule has 4 nitrogen and oxygen atoms in total. The Labute approximate surface area is 198 Å². The van der Waals surface area contributed by atoms with Gasteiger partial charge in [0, 0.05) is 24.5 Å². The highest BCUT2D eigenvalue weighted by molar-refractivity contribution is 5.94. The lowest BCUT2D eigenvalue weighted by molar-refractivity contribution is -0.117. The molecule has 0 aliphatic rings. The molecule has 3 aromatic rings. The summed E-state index contributed by atoms with van der Waals surface area (Å²) >= 11 is 0. The number of carbonyl (C=O) groups is 1. The number of unbranched alkanes of at least 4 members (excludes halogenated alkanes) is 1. The summed E-state index contributed by atoms with van der Waals surface area (Å²) in [7, 11) is 1.70. The van der Waals surface area contributed by atoms with E-state index in [9.17, 15) is 4.79 Å². The van der Waals surface area contributed by atoms with Crippen molar-refractivity contribution in [1.82, 2.24) is 10.3 Å². The van der Waals surface area contributed by atoms with E-state index in [1.54, 1.807) is 19.4 Å². The maximum Gasteiger partial charge on any atom is 0.244 e. The molecular formula is C29H36N2O2. The SMILES string of the molecule is CCCCc1c(C=CC(=O)N[C@H](CC)CCCc2cccnc2)ccc2ccc(OC)cc12. The second-order valence-corrected chi connectivity index (χ2v) is 8.52. The van der Waals surface area contributed by atoms with Crippen LogP contribution in [-0.2, 0) is 17.6 Å². The number of hydrogen-bond acceptors (Lipinski definition) is 3. The topological polar surface area (TPSA) is 51.2 Å². The molecule has 1 N–H and O–H groups in total. The number of aryl methyl sites for hydroxylation is 2. The van der Waals surface area contributed by atoms with Gasteiger partial charge in [0.2, 0.25) is 5.91 Å². The van der Waals surface area contributed by atoms with Gasteiger partial charge in [-0.25, -0.2) is 0 Å². The van der Waals surface area contributed by atoms with E-state index in [1.807, 2.05) is 24.4 Å². The average molecular weight is 445 g/mol. The number of carbonyl (C=O) groups excluding carboxylic acids is 1. The van der Waals surface area contributed by atoms with E-state index < -0.39 is 0 Å². The van der Waals surface area contributed by atoms with Crippen molar-refractivity contribution in [1.29, 1.82) is 0 Å². The second kappa shape index (κ2) is 12.8. The van der Waals surface area contributed by atoms with Crippen molar-refractivity contribution in [3.05, 3.63) is 77.6 Å². The van der Waals surface area contributed by atoms with Crippen LogP contribution >= 0.6 is 0 Å².